The quantitative estimate of drug-likeness (QED) is 0.923. The zero-order chi connectivity index (χ0) is 13.9. The van der Waals surface area contributed by atoms with Gasteiger partial charge in [-0.25, -0.2) is 0 Å². The van der Waals surface area contributed by atoms with E-state index in [0.29, 0.717) is 12.0 Å². The number of nitrogens with one attached hydrogen (secondary N) is 1. The second kappa shape index (κ2) is 5.80. The molecular formula is C17H23N3. The van der Waals surface area contributed by atoms with Crippen LogP contribution < -0.4 is 5.32 Å². The Balaban J connectivity index is 1.77. The largest absolute Gasteiger partial charge is 0.313 e. The topological polar surface area (TPSA) is 29.9 Å². The van der Waals surface area contributed by atoms with Crippen molar-refractivity contribution in [2.24, 2.45) is 0 Å². The predicted molar refractivity (Wildman–Crippen MR) is 81.8 cm³/mol. The van der Waals surface area contributed by atoms with Gasteiger partial charge in [0.1, 0.15) is 0 Å². The Bertz CT molecular complexity index is 573. The lowest BCUT2D eigenvalue weighted by Crippen LogP contribution is -2.16. The van der Waals surface area contributed by atoms with E-state index in [0.717, 1.165) is 6.54 Å². The molecule has 0 saturated heterocycles. The molecule has 2 aromatic rings. The van der Waals surface area contributed by atoms with Crippen LogP contribution in [0.25, 0.3) is 0 Å². The van der Waals surface area contributed by atoms with Crippen LogP contribution in [0, 0.1) is 0 Å². The monoisotopic (exact) mass is 269 g/mol. The molecule has 20 heavy (non-hydrogen) atoms. The van der Waals surface area contributed by atoms with Gasteiger partial charge in [0.05, 0.1) is 6.20 Å². The van der Waals surface area contributed by atoms with Gasteiger partial charge >= 0.3 is 0 Å². The highest BCUT2D eigenvalue weighted by atomic mass is 15.3. The summed E-state index contributed by atoms with van der Waals surface area (Å²) in [6.45, 7) is 3.16. The molecule has 3 rings (SSSR count). The van der Waals surface area contributed by atoms with Crippen LogP contribution in [0.5, 0.6) is 0 Å². The number of aromatic nitrogens is 2. The van der Waals surface area contributed by atoms with Crippen molar-refractivity contribution in [3.05, 3.63) is 53.3 Å². The molecule has 0 spiro atoms. The summed E-state index contributed by atoms with van der Waals surface area (Å²) in [6, 6.07) is 9.25. The van der Waals surface area contributed by atoms with E-state index in [1.807, 2.05) is 13.2 Å². The number of hydrogen-bond donors (Lipinski definition) is 1. The molecule has 1 aliphatic carbocycles. The Labute approximate surface area is 121 Å². The summed E-state index contributed by atoms with van der Waals surface area (Å²) in [4.78, 5) is 0. The maximum Gasteiger partial charge on any atom is 0.0537 e. The summed E-state index contributed by atoms with van der Waals surface area (Å²) < 4.78 is 2.11. The van der Waals surface area contributed by atoms with Gasteiger partial charge < -0.3 is 5.32 Å². The molecule has 1 N–H and O–H groups in total. The summed E-state index contributed by atoms with van der Waals surface area (Å²) in [6.07, 6.45) is 7.96. The Hall–Kier alpha value is -1.61. The summed E-state index contributed by atoms with van der Waals surface area (Å²) in [7, 11) is 1.99. The van der Waals surface area contributed by atoms with Crippen molar-refractivity contribution in [2.45, 2.75) is 44.7 Å². The smallest absolute Gasteiger partial charge is 0.0537 e. The van der Waals surface area contributed by atoms with Crippen LogP contribution in [0.15, 0.2) is 36.7 Å². The molecular weight excluding hydrogens is 246 g/mol. The molecule has 0 saturated carbocycles. The van der Waals surface area contributed by atoms with E-state index in [1.165, 1.54) is 36.0 Å². The number of benzene rings is 1. The Kier molecular flexibility index (Phi) is 3.88. The van der Waals surface area contributed by atoms with Gasteiger partial charge in [0.2, 0.25) is 0 Å². The second-order valence-corrected chi connectivity index (χ2v) is 5.79. The number of aryl methyl sites for hydroxylation is 1. The normalized spacial score (nSPS) is 19.6. The van der Waals surface area contributed by atoms with E-state index in [9.17, 15) is 0 Å². The van der Waals surface area contributed by atoms with Gasteiger partial charge in [-0.15, -0.1) is 0 Å². The first-order valence-corrected chi connectivity index (χ1v) is 7.55. The summed E-state index contributed by atoms with van der Waals surface area (Å²) in [5.74, 6) is 0.609. The average molecular weight is 269 g/mol. The zero-order valence-corrected chi connectivity index (χ0v) is 12.3. The number of nitrogens with zero attached hydrogens (tertiary/aromatic N) is 2. The Morgan fingerprint density at radius 1 is 1.40 bits per heavy atom. The fraction of sp³-hybridized carbons (Fsp3) is 0.471. The third-order valence-electron chi connectivity index (χ3n) is 4.49. The number of hydrogen-bond acceptors (Lipinski definition) is 2. The third-order valence-corrected chi connectivity index (χ3v) is 4.49. The lowest BCUT2D eigenvalue weighted by Gasteiger charge is -2.25. The summed E-state index contributed by atoms with van der Waals surface area (Å²) in [5, 5.41) is 7.79. The van der Waals surface area contributed by atoms with Gasteiger partial charge in [0, 0.05) is 30.3 Å². The van der Waals surface area contributed by atoms with E-state index >= 15 is 0 Å². The van der Waals surface area contributed by atoms with Crippen LogP contribution in [0.3, 0.4) is 0 Å². The van der Waals surface area contributed by atoms with Crippen molar-refractivity contribution in [3.8, 4) is 0 Å². The molecule has 1 aliphatic rings. The number of rotatable bonds is 4. The molecule has 1 heterocycles. The highest BCUT2D eigenvalue weighted by Crippen LogP contribution is 2.32. The van der Waals surface area contributed by atoms with Crippen LogP contribution in [-0.2, 0) is 13.0 Å². The third kappa shape index (κ3) is 2.63. The van der Waals surface area contributed by atoms with Crippen molar-refractivity contribution in [2.75, 3.05) is 7.05 Å². The van der Waals surface area contributed by atoms with E-state index in [2.05, 4.69) is 52.5 Å². The highest BCUT2D eigenvalue weighted by molar-refractivity contribution is 5.32. The summed E-state index contributed by atoms with van der Waals surface area (Å²) >= 11 is 0. The van der Waals surface area contributed by atoms with Crippen LogP contribution in [0.4, 0.5) is 0 Å². The molecule has 1 aromatic carbocycles. The predicted octanol–water partition coefficient (Wildman–Crippen LogP) is 3.28. The first kappa shape index (κ1) is 13.4. The molecule has 0 bridgehead atoms. The molecule has 0 amide bonds. The molecule has 0 radical (unpaired) electrons. The minimum atomic E-state index is 0.363. The van der Waals surface area contributed by atoms with Crippen molar-refractivity contribution in [1.82, 2.24) is 15.1 Å². The van der Waals surface area contributed by atoms with E-state index in [1.54, 1.807) is 0 Å². The van der Waals surface area contributed by atoms with Crippen LogP contribution in [0.2, 0.25) is 0 Å². The lowest BCUT2D eigenvalue weighted by molar-refractivity contribution is 0.456. The maximum atomic E-state index is 4.53. The fourth-order valence-corrected chi connectivity index (χ4v) is 3.14. The summed E-state index contributed by atoms with van der Waals surface area (Å²) in [5.41, 5.74) is 4.31. The van der Waals surface area contributed by atoms with Crippen molar-refractivity contribution in [3.63, 3.8) is 0 Å². The molecule has 2 atom stereocenters. The Morgan fingerprint density at radius 3 is 3.10 bits per heavy atom. The molecule has 3 heteroatoms. The maximum absolute atomic E-state index is 4.53. The molecule has 1 aromatic heterocycles. The average Bonchev–Trinajstić information content (AvgIpc) is 2.95. The highest BCUT2D eigenvalue weighted by Gasteiger charge is 2.20. The molecule has 0 aliphatic heterocycles. The van der Waals surface area contributed by atoms with E-state index in [-0.39, 0.29) is 0 Å². The molecule has 3 nitrogen and oxygen atoms in total. The van der Waals surface area contributed by atoms with Gasteiger partial charge in [-0.3, -0.25) is 4.68 Å². The van der Waals surface area contributed by atoms with Gasteiger partial charge in [0.25, 0.3) is 0 Å². The van der Waals surface area contributed by atoms with E-state index in [4.69, 9.17) is 0 Å². The second-order valence-electron chi connectivity index (χ2n) is 5.79. The SMILES string of the molecule is CNC(C)c1cnn(CC2CCCc3ccccc32)c1. The van der Waals surface area contributed by atoms with Gasteiger partial charge in [-0.2, -0.15) is 5.10 Å². The molecule has 0 fully saturated rings. The minimum absolute atomic E-state index is 0.363. The fourth-order valence-electron chi connectivity index (χ4n) is 3.14. The van der Waals surface area contributed by atoms with Gasteiger partial charge in [0.15, 0.2) is 0 Å². The number of fused-ring (bicyclic) bond motifs is 1. The van der Waals surface area contributed by atoms with Crippen LogP contribution in [-0.4, -0.2) is 16.8 Å². The lowest BCUT2D eigenvalue weighted by atomic mass is 9.83. The van der Waals surface area contributed by atoms with Crippen molar-refractivity contribution in [1.29, 1.82) is 0 Å². The van der Waals surface area contributed by atoms with Crippen LogP contribution in [0.1, 0.15) is 48.4 Å². The molecule has 2 unspecified atom stereocenters. The molecule has 106 valence electrons. The van der Waals surface area contributed by atoms with Gasteiger partial charge in [-0.1, -0.05) is 24.3 Å². The van der Waals surface area contributed by atoms with Gasteiger partial charge in [-0.05, 0) is 44.4 Å². The first-order valence-electron chi connectivity index (χ1n) is 7.55. The minimum Gasteiger partial charge on any atom is -0.313 e. The Morgan fingerprint density at radius 2 is 2.25 bits per heavy atom. The van der Waals surface area contributed by atoms with E-state index < -0.39 is 0 Å². The zero-order valence-electron chi connectivity index (χ0n) is 12.3. The standard InChI is InChI=1S/C17H23N3/c1-13(18-2)16-10-19-20(12-16)11-15-8-5-7-14-6-3-4-9-17(14)15/h3-4,6,9-10,12-13,15,18H,5,7-8,11H2,1-2H3. The van der Waals surface area contributed by atoms with Crippen molar-refractivity contribution >= 4 is 0 Å². The first-order chi connectivity index (χ1) is 9.78. The van der Waals surface area contributed by atoms with Crippen molar-refractivity contribution < 1.29 is 0 Å². The van der Waals surface area contributed by atoms with Crippen LogP contribution >= 0.6 is 0 Å².